The molecule has 44 heavy (non-hydrogen) atoms. The average Bonchev–Trinajstić information content (AvgIpc) is 2.99. The van der Waals surface area contributed by atoms with Gasteiger partial charge in [0.25, 0.3) is 0 Å². The number of phenols is 1. The Hall–Kier alpha value is -4.96. The summed E-state index contributed by atoms with van der Waals surface area (Å²) >= 11 is 0. The predicted octanol–water partition coefficient (Wildman–Crippen LogP) is 2.43. The molecule has 0 saturated heterocycles. The van der Waals surface area contributed by atoms with E-state index in [1.165, 1.54) is 6.07 Å². The molecule has 0 aromatic heterocycles. The first-order valence-electron chi connectivity index (χ1n) is 14.2. The van der Waals surface area contributed by atoms with Gasteiger partial charge >= 0.3 is 0 Å². The van der Waals surface area contributed by atoms with Crippen LogP contribution in [0.2, 0.25) is 0 Å². The molecular formula is C34H29NO9. The summed E-state index contributed by atoms with van der Waals surface area (Å²) in [6.07, 6.45) is -0.0336. The number of Topliss-reactive ketones (excluding diaryl/α,β-unsaturated/α-hetero) is 5. The Kier molecular flexibility index (Phi) is 7.04. The predicted molar refractivity (Wildman–Crippen MR) is 155 cm³/mol. The minimum Gasteiger partial charge on any atom is -0.507 e. The number of primary amides is 1. The van der Waals surface area contributed by atoms with E-state index in [1.54, 1.807) is 37.4 Å². The lowest BCUT2D eigenvalue weighted by molar-refractivity contribution is -0.175. The highest BCUT2D eigenvalue weighted by molar-refractivity contribution is 6.31. The molecule has 5 atom stereocenters. The van der Waals surface area contributed by atoms with Crippen LogP contribution in [0.1, 0.15) is 44.7 Å². The number of hydrogen-bond donors (Lipinski definition) is 3. The lowest BCUT2D eigenvalue weighted by Gasteiger charge is -2.48. The molecule has 224 valence electrons. The van der Waals surface area contributed by atoms with Crippen LogP contribution in [0.4, 0.5) is 0 Å². The van der Waals surface area contributed by atoms with Crippen molar-refractivity contribution in [3.05, 3.63) is 82.9 Å². The molecule has 4 N–H and O–H groups in total. The highest BCUT2D eigenvalue weighted by Gasteiger charge is 2.66. The maximum absolute atomic E-state index is 13.8. The number of rotatable bonds is 6. The monoisotopic (exact) mass is 595 g/mol. The number of aliphatic hydroxyl groups is 1. The van der Waals surface area contributed by atoms with Crippen molar-refractivity contribution in [2.24, 2.45) is 29.4 Å². The van der Waals surface area contributed by atoms with E-state index < -0.39 is 64.7 Å². The van der Waals surface area contributed by atoms with Gasteiger partial charge in [-0.2, -0.15) is 0 Å². The molecule has 0 heterocycles. The van der Waals surface area contributed by atoms with Crippen LogP contribution < -0.4 is 10.5 Å². The number of aromatic hydroxyl groups is 1. The van der Waals surface area contributed by atoms with Crippen molar-refractivity contribution in [1.29, 1.82) is 0 Å². The van der Waals surface area contributed by atoms with Gasteiger partial charge in [0.2, 0.25) is 5.91 Å². The largest absolute Gasteiger partial charge is 0.507 e. The number of methoxy groups -OCH3 is 1. The second-order valence-corrected chi connectivity index (χ2v) is 11.8. The van der Waals surface area contributed by atoms with Gasteiger partial charge in [0.05, 0.1) is 18.6 Å². The summed E-state index contributed by atoms with van der Waals surface area (Å²) in [5.74, 6) is -9.93. The lowest BCUT2D eigenvalue weighted by Crippen LogP contribution is -2.68. The number of ether oxygens (including phenoxy) is 1. The summed E-state index contributed by atoms with van der Waals surface area (Å²) < 4.78 is 5.14. The van der Waals surface area contributed by atoms with Crippen LogP contribution in [0, 0.1) is 23.7 Å². The van der Waals surface area contributed by atoms with Crippen LogP contribution in [0.5, 0.6) is 11.5 Å². The van der Waals surface area contributed by atoms with E-state index in [2.05, 4.69) is 0 Å². The summed E-state index contributed by atoms with van der Waals surface area (Å²) in [4.78, 5) is 77.8. The third kappa shape index (κ3) is 4.44. The summed E-state index contributed by atoms with van der Waals surface area (Å²) in [7, 11) is 1.55. The summed E-state index contributed by atoms with van der Waals surface area (Å²) in [6, 6.07) is 17.1. The molecule has 3 aliphatic rings. The van der Waals surface area contributed by atoms with Crippen LogP contribution >= 0.6 is 0 Å². The van der Waals surface area contributed by atoms with Crippen molar-refractivity contribution < 1.29 is 43.7 Å². The Morgan fingerprint density at radius 3 is 2.25 bits per heavy atom. The van der Waals surface area contributed by atoms with E-state index in [0.717, 1.165) is 11.1 Å². The number of ketones is 5. The van der Waals surface area contributed by atoms with Gasteiger partial charge < -0.3 is 20.7 Å². The van der Waals surface area contributed by atoms with Crippen molar-refractivity contribution in [2.45, 2.75) is 31.3 Å². The van der Waals surface area contributed by atoms with E-state index in [4.69, 9.17) is 10.5 Å². The van der Waals surface area contributed by atoms with Crippen molar-refractivity contribution in [1.82, 2.24) is 0 Å². The van der Waals surface area contributed by atoms with E-state index in [9.17, 15) is 39.0 Å². The molecule has 0 aliphatic heterocycles. The van der Waals surface area contributed by atoms with E-state index in [0.29, 0.717) is 22.4 Å². The van der Waals surface area contributed by atoms with Gasteiger partial charge in [0.1, 0.15) is 11.5 Å². The molecule has 2 fully saturated rings. The fourth-order valence-electron chi connectivity index (χ4n) is 7.10. The summed E-state index contributed by atoms with van der Waals surface area (Å²) in [5, 5.41) is 22.1. The maximum Gasteiger partial charge on any atom is 0.235 e. The molecular weight excluding hydrogens is 566 g/mol. The Morgan fingerprint density at radius 2 is 1.61 bits per heavy atom. The number of benzene rings is 3. The second-order valence-electron chi connectivity index (χ2n) is 11.8. The summed E-state index contributed by atoms with van der Waals surface area (Å²) in [5.41, 5.74) is 5.69. The van der Waals surface area contributed by atoms with Gasteiger partial charge in [-0.1, -0.05) is 30.3 Å². The first-order valence-corrected chi connectivity index (χ1v) is 14.2. The second kappa shape index (κ2) is 10.6. The van der Waals surface area contributed by atoms with Gasteiger partial charge in [-0.15, -0.1) is 0 Å². The Balaban J connectivity index is 1.30. The number of fused-ring (bicyclic) bond motifs is 3. The minimum absolute atomic E-state index is 0.0164. The van der Waals surface area contributed by atoms with Crippen LogP contribution in [0.3, 0.4) is 0 Å². The van der Waals surface area contributed by atoms with Gasteiger partial charge in [-0.3, -0.25) is 28.8 Å². The highest BCUT2D eigenvalue weighted by Crippen LogP contribution is 2.51. The Labute approximate surface area is 251 Å². The minimum atomic E-state index is -2.69. The topological polar surface area (TPSA) is 178 Å². The zero-order valence-corrected chi connectivity index (χ0v) is 23.7. The van der Waals surface area contributed by atoms with Crippen molar-refractivity contribution >= 4 is 34.8 Å². The van der Waals surface area contributed by atoms with Gasteiger partial charge in [-0.05, 0) is 71.3 Å². The third-order valence-corrected chi connectivity index (χ3v) is 9.33. The zero-order chi connectivity index (χ0) is 31.5. The molecule has 0 spiro atoms. The zero-order valence-electron chi connectivity index (χ0n) is 23.7. The Morgan fingerprint density at radius 1 is 0.932 bits per heavy atom. The first kappa shape index (κ1) is 29.1. The number of hydrogen-bond acceptors (Lipinski definition) is 9. The number of carbonyl (C=O) groups excluding carboxylic acids is 6. The van der Waals surface area contributed by atoms with Gasteiger partial charge in [0, 0.05) is 24.3 Å². The summed E-state index contributed by atoms with van der Waals surface area (Å²) in [6.45, 7) is 0. The standard InChI is InChI=1S/C34H29NO9/c1-44-21-8-6-18(7-9-21)25(37)12-16-2-4-17(5-3-16)22-10-11-24(36)28-23(22)14-19-13-20-15-26(38)29(33(35)42)32(41)34(20,43)31(40)27(19)30(28)39/h2-11,19-20,27,29,36,43H,12-15H2,1H3,(H2,35,42)/t19-,20+,27?,29?,34+/m1/s1. The fraction of sp³-hybridized carbons (Fsp3) is 0.294. The quantitative estimate of drug-likeness (QED) is 0.285. The molecule has 0 radical (unpaired) electrons. The first-order chi connectivity index (χ1) is 20.9. The molecule has 2 unspecified atom stereocenters. The van der Waals surface area contributed by atoms with Crippen LogP contribution in [0.15, 0.2) is 60.7 Å². The fourth-order valence-corrected chi connectivity index (χ4v) is 7.10. The number of amides is 1. The molecule has 10 heteroatoms. The van der Waals surface area contributed by atoms with Crippen molar-refractivity contribution in [3.8, 4) is 22.6 Å². The molecule has 3 aliphatic carbocycles. The molecule has 6 rings (SSSR count). The molecule has 1 amide bonds. The van der Waals surface area contributed by atoms with Crippen molar-refractivity contribution in [3.63, 3.8) is 0 Å². The third-order valence-electron chi connectivity index (χ3n) is 9.33. The SMILES string of the molecule is COc1ccc(C(=O)Cc2ccc(-c3ccc(O)c4c3C[C@H]3C[C@H]5CC(=O)C(C(N)=O)C(=O)[C@@]5(O)C(=O)C3C4=O)cc2)cc1. The smallest absolute Gasteiger partial charge is 0.235 e. The molecule has 0 bridgehead atoms. The van der Waals surface area contributed by atoms with Crippen LogP contribution in [-0.2, 0) is 32.0 Å². The average molecular weight is 596 g/mol. The van der Waals surface area contributed by atoms with E-state index >= 15 is 0 Å². The number of carbonyl (C=O) groups is 6. The van der Waals surface area contributed by atoms with E-state index in [-0.39, 0.29) is 36.4 Å². The molecule has 3 aromatic carbocycles. The van der Waals surface area contributed by atoms with Crippen LogP contribution in [-0.4, -0.2) is 57.7 Å². The van der Waals surface area contributed by atoms with E-state index in [1.807, 2.05) is 24.3 Å². The molecule has 2 saturated carbocycles. The maximum atomic E-state index is 13.8. The lowest BCUT2D eigenvalue weighted by atomic mass is 9.53. The molecule has 10 nitrogen and oxygen atoms in total. The van der Waals surface area contributed by atoms with Crippen molar-refractivity contribution in [2.75, 3.05) is 7.11 Å². The number of phenolic OH excluding ortho intramolecular Hbond substituents is 1. The van der Waals surface area contributed by atoms with Gasteiger partial charge in [0.15, 0.2) is 40.4 Å². The number of nitrogens with two attached hydrogens (primary N) is 1. The van der Waals surface area contributed by atoms with Gasteiger partial charge in [-0.25, -0.2) is 0 Å². The Bertz CT molecular complexity index is 1760. The van der Waals surface area contributed by atoms with Crippen LogP contribution in [0.25, 0.3) is 11.1 Å². The highest BCUT2D eigenvalue weighted by atomic mass is 16.5. The molecule has 3 aromatic rings. The normalized spacial score (nSPS) is 26.0.